The van der Waals surface area contributed by atoms with Crippen molar-refractivity contribution in [3.63, 3.8) is 0 Å². The van der Waals surface area contributed by atoms with Crippen LogP contribution in [-0.4, -0.2) is 14.6 Å². The van der Waals surface area contributed by atoms with Gasteiger partial charge in [0, 0.05) is 5.56 Å². The Balaban J connectivity index is 3.49. The molecule has 8 heteroatoms. The second-order valence-corrected chi connectivity index (χ2v) is 5.19. The topological polar surface area (TPSA) is 60.2 Å². The lowest BCUT2D eigenvalue weighted by Crippen LogP contribution is -2.34. The molecule has 17 heavy (non-hydrogen) atoms. The van der Waals surface area contributed by atoms with Crippen molar-refractivity contribution in [2.75, 3.05) is 0 Å². The zero-order chi connectivity index (χ0) is 13.4. The molecule has 1 aromatic rings. The van der Waals surface area contributed by atoms with E-state index in [2.05, 4.69) is 5.14 Å². The van der Waals surface area contributed by atoms with Gasteiger partial charge in [0.25, 0.3) is 0 Å². The quantitative estimate of drug-likeness (QED) is 0.836. The molecule has 0 bridgehead atoms. The van der Waals surface area contributed by atoms with Crippen molar-refractivity contribution in [1.82, 2.24) is 0 Å². The van der Waals surface area contributed by atoms with E-state index in [-0.39, 0.29) is 0 Å². The van der Waals surface area contributed by atoms with Gasteiger partial charge in [-0.25, -0.2) is 17.9 Å². The molecule has 1 atom stereocenters. The zero-order valence-electron chi connectivity index (χ0n) is 8.62. The van der Waals surface area contributed by atoms with Crippen LogP contribution < -0.4 is 5.14 Å². The van der Waals surface area contributed by atoms with Gasteiger partial charge in [-0.1, -0.05) is 17.7 Å². The van der Waals surface area contributed by atoms with Gasteiger partial charge in [0.2, 0.25) is 10.0 Å². The molecule has 0 saturated carbocycles. The molecule has 0 aliphatic rings. The molecule has 0 aliphatic carbocycles. The molecule has 96 valence electrons. The lowest BCUT2D eigenvalue weighted by molar-refractivity contribution is -0.132. The predicted octanol–water partition coefficient (Wildman–Crippen LogP) is 2.03. The molecular weight excluding hydrogens is 262 g/mol. The van der Waals surface area contributed by atoms with Gasteiger partial charge in [-0.3, -0.25) is 0 Å². The van der Waals surface area contributed by atoms with Crippen molar-refractivity contribution < 1.29 is 26.0 Å². The summed E-state index contributed by atoms with van der Waals surface area (Å²) in [6.45, 7) is 1.42. The lowest BCUT2D eigenvalue weighted by atomic mass is 10.1. The van der Waals surface area contributed by atoms with Crippen LogP contribution in [0.1, 0.15) is 16.4 Å². The number of hydrogen-bond acceptors (Lipinski definition) is 2. The van der Waals surface area contributed by atoms with E-state index >= 15 is 0 Å². The van der Waals surface area contributed by atoms with Crippen LogP contribution in [0.3, 0.4) is 0 Å². The van der Waals surface area contributed by atoms with E-state index in [4.69, 9.17) is 0 Å². The fourth-order valence-corrected chi connectivity index (χ4v) is 2.31. The number of sulfonamides is 1. The maximum atomic E-state index is 13.3. The number of alkyl halides is 3. The smallest absolute Gasteiger partial charge is 0.228 e. The Morgan fingerprint density at radius 1 is 1.29 bits per heavy atom. The standard InChI is InChI=1S/C9H9F4NO2S/c1-5-2-3-7(10)6(4-5)8(9(11,12)13)17(14,15)16/h2-4,8H,1H3,(H2,14,15,16). The highest BCUT2D eigenvalue weighted by Gasteiger charge is 2.49. The van der Waals surface area contributed by atoms with Gasteiger partial charge < -0.3 is 0 Å². The largest absolute Gasteiger partial charge is 0.410 e. The summed E-state index contributed by atoms with van der Waals surface area (Å²) >= 11 is 0. The average molecular weight is 271 g/mol. The third-order valence-corrected chi connectivity index (χ3v) is 3.24. The Kier molecular flexibility index (Phi) is 3.49. The lowest BCUT2D eigenvalue weighted by Gasteiger charge is -2.19. The van der Waals surface area contributed by atoms with Gasteiger partial charge in [-0.05, 0) is 13.0 Å². The van der Waals surface area contributed by atoms with Crippen LogP contribution in [0.5, 0.6) is 0 Å². The molecule has 0 radical (unpaired) electrons. The minimum atomic E-state index is -5.16. The number of nitrogens with two attached hydrogens (primary N) is 1. The van der Waals surface area contributed by atoms with E-state index in [1.807, 2.05) is 0 Å². The molecule has 3 nitrogen and oxygen atoms in total. The van der Waals surface area contributed by atoms with E-state index in [1.165, 1.54) is 13.0 Å². The van der Waals surface area contributed by atoms with Crippen LogP contribution in [0, 0.1) is 12.7 Å². The fourth-order valence-electron chi connectivity index (χ4n) is 1.40. The molecule has 1 unspecified atom stereocenters. The van der Waals surface area contributed by atoms with Gasteiger partial charge >= 0.3 is 6.18 Å². The summed E-state index contributed by atoms with van der Waals surface area (Å²) in [4.78, 5) is 0. The maximum absolute atomic E-state index is 13.3. The molecule has 1 rings (SSSR count). The monoisotopic (exact) mass is 271 g/mol. The molecular formula is C9H9F4NO2S. The number of hydrogen-bond donors (Lipinski definition) is 1. The molecule has 0 fully saturated rings. The highest BCUT2D eigenvalue weighted by atomic mass is 32.2. The van der Waals surface area contributed by atoms with E-state index in [1.54, 1.807) is 0 Å². The third kappa shape index (κ3) is 3.16. The highest BCUT2D eigenvalue weighted by molar-refractivity contribution is 7.89. The van der Waals surface area contributed by atoms with Crippen LogP contribution in [0.25, 0.3) is 0 Å². The number of primary sulfonamides is 1. The van der Waals surface area contributed by atoms with E-state index in [9.17, 15) is 26.0 Å². The Hall–Kier alpha value is -1.15. The van der Waals surface area contributed by atoms with Crippen LogP contribution >= 0.6 is 0 Å². The second kappa shape index (κ2) is 4.26. The minimum absolute atomic E-state index is 0.305. The van der Waals surface area contributed by atoms with Gasteiger partial charge in [-0.15, -0.1) is 0 Å². The minimum Gasteiger partial charge on any atom is -0.228 e. The highest BCUT2D eigenvalue weighted by Crippen LogP contribution is 2.39. The third-order valence-electron chi connectivity index (χ3n) is 2.06. The first-order chi connectivity index (χ1) is 7.53. The SMILES string of the molecule is Cc1ccc(F)c(C(C(F)(F)F)S(N)(=O)=O)c1. The number of aryl methyl sites for hydroxylation is 1. The number of rotatable bonds is 2. The Bertz CT molecular complexity index is 524. The van der Waals surface area contributed by atoms with Crippen LogP contribution in [-0.2, 0) is 10.0 Å². The van der Waals surface area contributed by atoms with Crippen molar-refractivity contribution in [3.05, 3.63) is 35.1 Å². The van der Waals surface area contributed by atoms with Gasteiger partial charge in [0.1, 0.15) is 5.82 Å². The number of halogens is 4. The summed E-state index contributed by atoms with van der Waals surface area (Å²) in [6.07, 6.45) is -5.16. The molecule has 0 aromatic heterocycles. The van der Waals surface area contributed by atoms with Gasteiger partial charge in [0.05, 0.1) is 0 Å². The first-order valence-corrected chi connectivity index (χ1v) is 5.99. The molecule has 0 saturated heterocycles. The summed E-state index contributed by atoms with van der Waals surface area (Å²) in [7, 11) is -4.98. The summed E-state index contributed by atoms with van der Waals surface area (Å²) in [5.74, 6) is -1.26. The Morgan fingerprint density at radius 3 is 2.24 bits per heavy atom. The van der Waals surface area contributed by atoms with E-state index in [0.717, 1.165) is 12.1 Å². The van der Waals surface area contributed by atoms with Gasteiger partial charge in [-0.2, -0.15) is 13.2 Å². The predicted molar refractivity (Wildman–Crippen MR) is 53.0 cm³/mol. The Labute approximate surface area is 95.3 Å². The average Bonchev–Trinajstić information content (AvgIpc) is 2.06. The first-order valence-electron chi connectivity index (χ1n) is 4.38. The first kappa shape index (κ1) is 13.9. The fraction of sp³-hybridized carbons (Fsp3) is 0.333. The van der Waals surface area contributed by atoms with Crippen LogP contribution in [0.4, 0.5) is 17.6 Å². The second-order valence-electron chi connectivity index (χ2n) is 3.54. The van der Waals surface area contributed by atoms with Crippen molar-refractivity contribution in [2.45, 2.75) is 18.3 Å². The molecule has 2 N–H and O–H groups in total. The van der Waals surface area contributed by atoms with Gasteiger partial charge in [0.15, 0.2) is 5.25 Å². The van der Waals surface area contributed by atoms with E-state index < -0.39 is 32.8 Å². The van der Waals surface area contributed by atoms with E-state index in [0.29, 0.717) is 5.56 Å². The van der Waals surface area contributed by atoms with Crippen LogP contribution in [0.2, 0.25) is 0 Å². The van der Waals surface area contributed by atoms with Crippen molar-refractivity contribution in [3.8, 4) is 0 Å². The van der Waals surface area contributed by atoms with Crippen molar-refractivity contribution >= 4 is 10.0 Å². The summed E-state index contributed by atoms with van der Waals surface area (Å²) in [5, 5.41) is 1.46. The van der Waals surface area contributed by atoms with Crippen molar-refractivity contribution in [2.24, 2.45) is 5.14 Å². The molecule has 0 aliphatic heterocycles. The van der Waals surface area contributed by atoms with Crippen LogP contribution in [0.15, 0.2) is 18.2 Å². The maximum Gasteiger partial charge on any atom is 0.410 e. The summed E-state index contributed by atoms with van der Waals surface area (Å²) in [6, 6.07) is 2.82. The van der Waals surface area contributed by atoms with Crippen molar-refractivity contribution in [1.29, 1.82) is 0 Å². The number of benzene rings is 1. The molecule has 1 aromatic carbocycles. The Morgan fingerprint density at radius 2 is 1.82 bits per heavy atom. The molecule has 0 heterocycles. The summed E-state index contributed by atoms with van der Waals surface area (Å²) in [5.41, 5.74) is -0.681. The molecule has 0 amide bonds. The zero-order valence-corrected chi connectivity index (χ0v) is 9.44. The summed E-state index contributed by atoms with van der Waals surface area (Å²) < 4.78 is 72.9. The molecule has 0 spiro atoms. The normalized spacial score (nSPS) is 14.7.